The molecule has 19 heavy (non-hydrogen) atoms. The summed E-state index contributed by atoms with van der Waals surface area (Å²) in [6.07, 6.45) is -2.66. The highest BCUT2D eigenvalue weighted by Crippen LogP contribution is 2.32. The predicted molar refractivity (Wildman–Crippen MR) is 66.6 cm³/mol. The Balaban J connectivity index is 2.88. The first-order chi connectivity index (χ1) is 8.90. The minimum absolute atomic E-state index is 0.0744. The highest BCUT2D eigenvalue weighted by atomic mass is 19.4. The first-order valence-corrected chi connectivity index (χ1v) is 6.09. The standard InChI is InChI=1S/C12H18F3N3O/c1-3-8(4-2)7-19-11-6-9(12(13,14)15)5-10(17-11)18-16/h5-6,8H,3-4,7,16H2,1-2H3,(H,17,18). The average molecular weight is 277 g/mol. The molecule has 0 saturated carbocycles. The Morgan fingerprint density at radius 1 is 1.32 bits per heavy atom. The Bertz CT molecular complexity index is 406. The van der Waals surface area contributed by atoms with Crippen LogP contribution in [0.5, 0.6) is 5.88 Å². The molecule has 7 heteroatoms. The van der Waals surface area contributed by atoms with Gasteiger partial charge in [-0.1, -0.05) is 26.7 Å². The lowest BCUT2D eigenvalue weighted by Gasteiger charge is -2.15. The summed E-state index contributed by atoms with van der Waals surface area (Å²) in [6.45, 7) is 4.35. The number of rotatable bonds is 6. The molecule has 0 aliphatic carbocycles. The third-order valence-electron chi connectivity index (χ3n) is 2.90. The lowest BCUT2D eigenvalue weighted by Crippen LogP contribution is -2.15. The Morgan fingerprint density at radius 2 is 1.95 bits per heavy atom. The SMILES string of the molecule is CCC(CC)COc1cc(C(F)(F)F)cc(NN)n1. The van der Waals surface area contributed by atoms with Gasteiger partial charge in [-0.2, -0.15) is 18.2 Å². The topological polar surface area (TPSA) is 60.2 Å². The van der Waals surface area contributed by atoms with Crippen molar-refractivity contribution in [2.75, 3.05) is 12.0 Å². The van der Waals surface area contributed by atoms with E-state index in [2.05, 4.69) is 10.4 Å². The second-order valence-electron chi connectivity index (χ2n) is 4.21. The molecular formula is C12H18F3N3O. The van der Waals surface area contributed by atoms with Gasteiger partial charge in [0.2, 0.25) is 5.88 Å². The number of nitrogens with two attached hydrogens (primary N) is 1. The van der Waals surface area contributed by atoms with E-state index in [1.807, 2.05) is 13.8 Å². The summed E-state index contributed by atoms with van der Waals surface area (Å²) in [7, 11) is 0. The quantitative estimate of drug-likeness (QED) is 0.619. The molecule has 0 fully saturated rings. The zero-order valence-electron chi connectivity index (χ0n) is 10.9. The third-order valence-corrected chi connectivity index (χ3v) is 2.90. The van der Waals surface area contributed by atoms with Crippen molar-refractivity contribution >= 4 is 5.82 Å². The van der Waals surface area contributed by atoms with Crippen molar-refractivity contribution in [1.29, 1.82) is 0 Å². The number of nitrogens with one attached hydrogen (secondary N) is 1. The number of nitrogen functional groups attached to an aromatic ring is 1. The van der Waals surface area contributed by atoms with Gasteiger partial charge >= 0.3 is 6.18 Å². The second-order valence-corrected chi connectivity index (χ2v) is 4.21. The minimum atomic E-state index is -4.46. The van der Waals surface area contributed by atoms with Crippen molar-refractivity contribution < 1.29 is 17.9 Å². The van der Waals surface area contributed by atoms with E-state index in [1.54, 1.807) is 0 Å². The number of pyridine rings is 1. The number of anilines is 1. The van der Waals surface area contributed by atoms with Crippen LogP contribution in [0, 0.1) is 5.92 Å². The summed E-state index contributed by atoms with van der Waals surface area (Å²) in [5, 5.41) is 0. The molecule has 0 aliphatic heterocycles. The monoisotopic (exact) mass is 277 g/mol. The fourth-order valence-electron chi connectivity index (χ4n) is 1.54. The van der Waals surface area contributed by atoms with E-state index in [9.17, 15) is 13.2 Å². The molecule has 3 N–H and O–H groups in total. The van der Waals surface area contributed by atoms with E-state index >= 15 is 0 Å². The zero-order valence-corrected chi connectivity index (χ0v) is 10.9. The van der Waals surface area contributed by atoms with Crippen LogP contribution >= 0.6 is 0 Å². The smallest absolute Gasteiger partial charge is 0.416 e. The summed E-state index contributed by atoms with van der Waals surface area (Å²) in [4.78, 5) is 3.85. The largest absolute Gasteiger partial charge is 0.477 e. The van der Waals surface area contributed by atoms with Gasteiger partial charge in [-0.3, -0.25) is 0 Å². The van der Waals surface area contributed by atoms with E-state index < -0.39 is 11.7 Å². The molecule has 0 radical (unpaired) electrons. The number of alkyl halides is 3. The zero-order chi connectivity index (χ0) is 14.5. The number of ether oxygens (including phenoxy) is 1. The number of nitrogens with zero attached hydrogens (tertiary/aromatic N) is 1. The van der Waals surface area contributed by atoms with Gasteiger partial charge in [0, 0.05) is 6.07 Å². The van der Waals surface area contributed by atoms with E-state index in [4.69, 9.17) is 10.6 Å². The number of hydrazine groups is 1. The van der Waals surface area contributed by atoms with E-state index in [0.717, 1.165) is 25.0 Å². The first kappa shape index (κ1) is 15.6. The van der Waals surface area contributed by atoms with Crippen LogP contribution in [0.25, 0.3) is 0 Å². The maximum atomic E-state index is 12.7. The molecular weight excluding hydrogens is 259 g/mol. The summed E-state index contributed by atoms with van der Waals surface area (Å²) < 4.78 is 43.3. The molecule has 1 heterocycles. The molecule has 1 aromatic rings. The van der Waals surface area contributed by atoms with Crippen LogP contribution in [-0.4, -0.2) is 11.6 Å². The number of hydrogen-bond donors (Lipinski definition) is 2. The van der Waals surface area contributed by atoms with Gasteiger partial charge in [0.25, 0.3) is 0 Å². The molecule has 0 bridgehead atoms. The van der Waals surface area contributed by atoms with Crippen molar-refractivity contribution in [1.82, 2.24) is 4.98 Å². The van der Waals surface area contributed by atoms with Gasteiger partial charge in [-0.15, -0.1) is 0 Å². The molecule has 0 aliphatic rings. The maximum absolute atomic E-state index is 12.7. The summed E-state index contributed by atoms with van der Waals surface area (Å²) in [5.41, 5.74) is 1.27. The van der Waals surface area contributed by atoms with Gasteiger partial charge in [0.1, 0.15) is 5.82 Å². The maximum Gasteiger partial charge on any atom is 0.416 e. The van der Waals surface area contributed by atoms with Crippen molar-refractivity contribution in [2.45, 2.75) is 32.9 Å². The van der Waals surface area contributed by atoms with Crippen LogP contribution in [0.4, 0.5) is 19.0 Å². The highest BCUT2D eigenvalue weighted by molar-refractivity contribution is 5.41. The molecule has 108 valence electrons. The van der Waals surface area contributed by atoms with Crippen LogP contribution in [-0.2, 0) is 6.18 Å². The van der Waals surface area contributed by atoms with Gasteiger partial charge in [-0.25, -0.2) is 5.84 Å². The fourth-order valence-corrected chi connectivity index (χ4v) is 1.54. The van der Waals surface area contributed by atoms with Gasteiger partial charge in [0.15, 0.2) is 0 Å². The van der Waals surface area contributed by atoms with Crippen molar-refractivity contribution in [2.24, 2.45) is 11.8 Å². The van der Waals surface area contributed by atoms with Crippen LogP contribution in [0.2, 0.25) is 0 Å². The molecule has 4 nitrogen and oxygen atoms in total. The Morgan fingerprint density at radius 3 is 2.42 bits per heavy atom. The molecule has 0 aromatic carbocycles. The van der Waals surface area contributed by atoms with Crippen LogP contribution < -0.4 is 16.0 Å². The van der Waals surface area contributed by atoms with Crippen LogP contribution in [0.3, 0.4) is 0 Å². The summed E-state index contributed by atoms with van der Waals surface area (Å²) in [6, 6.07) is 1.72. The molecule has 0 amide bonds. The predicted octanol–water partition coefficient (Wildman–Crippen LogP) is 3.20. The van der Waals surface area contributed by atoms with Gasteiger partial charge in [-0.05, 0) is 12.0 Å². The van der Waals surface area contributed by atoms with Crippen molar-refractivity contribution in [3.05, 3.63) is 17.7 Å². The fraction of sp³-hybridized carbons (Fsp3) is 0.583. The molecule has 0 atom stereocenters. The number of aromatic nitrogens is 1. The van der Waals surface area contributed by atoms with Crippen LogP contribution in [0.1, 0.15) is 32.3 Å². The molecule has 0 spiro atoms. The lowest BCUT2D eigenvalue weighted by molar-refractivity contribution is -0.137. The Labute approximate surface area is 110 Å². The minimum Gasteiger partial charge on any atom is -0.477 e. The summed E-state index contributed by atoms with van der Waals surface area (Å²) >= 11 is 0. The second kappa shape index (κ2) is 6.60. The molecule has 1 aromatic heterocycles. The normalized spacial score (nSPS) is 11.7. The molecule has 1 rings (SSSR count). The van der Waals surface area contributed by atoms with Crippen molar-refractivity contribution in [3.8, 4) is 5.88 Å². The third kappa shape index (κ3) is 4.59. The van der Waals surface area contributed by atoms with Crippen molar-refractivity contribution in [3.63, 3.8) is 0 Å². The molecule has 0 unspecified atom stereocenters. The Hall–Kier alpha value is -1.50. The van der Waals surface area contributed by atoms with E-state index in [1.165, 1.54) is 0 Å². The molecule has 0 saturated heterocycles. The first-order valence-electron chi connectivity index (χ1n) is 6.09. The Kier molecular flexibility index (Phi) is 5.41. The van der Waals surface area contributed by atoms with Gasteiger partial charge in [0.05, 0.1) is 12.2 Å². The summed E-state index contributed by atoms with van der Waals surface area (Å²) in [5.74, 6) is 5.25. The van der Waals surface area contributed by atoms with Gasteiger partial charge < -0.3 is 10.2 Å². The van der Waals surface area contributed by atoms with E-state index in [-0.39, 0.29) is 11.7 Å². The van der Waals surface area contributed by atoms with E-state index in [0.29, 0.717) is 12.5 Å². The number of hydrogen-bond acceptors (Lipinski definition) is 4. The lowest BCUT2D eigenvalue weighted by atomic mass is 10.1. The van der Waals surface area contributed by atoms with Crippen LogP contribution in [0.15, 0.2) is 12.1 Å². The highest BCUT2D eigenvalue weighted by Gasteiger charge is 2.32. The number of halogens is 3. The average Bonchev–Trinajstić information content (AvgIpc) is 2.38.